The number of aryl methyl sites for hydroxylation is 4. The quantitative estimate of drug-likeness (QED) is 0.0325. The zero-order valence-electron chi connectivity index (χ0n) is 39.3. The van der Waals surface area contributed by atoms with Crippen molar-refractivity contribution >= 4 is 43.1 Å². The molecule has 6 aromatic carbocycles. The molecule has 6 aromatic rings. The van der Waals surface area contributed by atoms with Crippen LogP contribution in [0.4, 0.5) is 0 Å². The first-order chi connectivity index (χ1) is 30.2. The summed E-state index contributed by atoms with van der Waals surface area (Å²) in [6.45, 7) is 9.27. The summed E-state index contributed by atoms with van der Waals surface area (Å²) in [5.74, 6) is 2.08. The third-order valence-electron chi connectivity index (χ3n) is 13.8. The second-order valence-electron chi connectivity index (χ2n) is 18.5. The molecule has 0 amide bonds. The minimum atomic E-state index is 1.04. The molecule has 0 atom stereocenters. The van der Waals surface area contributed by atoms with Gasteiger partial charge in [0.2, 0.25) is 0 Å². The van der Waals surface area contributed by atoms with Gasteiger partial charge in [-0.1, -0.05) is 229 Å². The van der Waals surface area contributed by atoms with E-state index in [2.05, 4.69) is 113 Å². The summed E-state index contributed by atoms with van der Waals surface area (Å²) in [4.78, 5) is 0. The summed E-state index contributed by atoms with van der Waals surface area (Å²) in [6, 6.07) is 32.7. The summed E-state index contributed by atoms with van der Waals surface area (Å²) in [7, 11) is 0. The Morgan fingerprint density at radius 3 is 0.852 bits per heavy atom. The molecular weight excluding hydrogens is 737 g/mol. The molecule has 0 bridgehead atoms. The van der Waals surface area contributed by atoms with E-state index >= 15 is 0 Å². The molecule has 0 saturated heterocycles. The molecule has 0 aromatic heterocycles. The SMILES string of the molecule is CCCCCCCCc1c2ccccc2c(CCCCCCCC)c2c(Oc3cccc4c(CCCCCCCC)c5ccccc5c(CCCCCCCC)c34)cccc12. The normalized spacial score (nSPS) is 11.8. The maximum Gasteiger partial charge on any atom is 0.135 e. The van der Waals surface area contributed by atoms with Gasteiger partial charge in [-0.2, -0.15) is 0 Å². The van der Waals surface area contributed by atoms with Gasteiger partial charge < -0.3 is 4.74 Å². The Hall–Kier alpha value is -3.84. The lowest BCUT2D eigenvalue weighted by Gasteiger charge is -2.22. The first-order valence-electron chi connectivity index (χ1n) is 25.8. The third kappa shape index (κ3) is 12.6. The average Bonchev–Trinajstić information content (AvgIpc) is 3.29. The van der Waals surface area contributed by atoms with Crippen molar-refractivity contribution in [1.29, 1.82) is 0 Å². The fourth-order valence-electron chi connectivity index (χ4n) is 10.4. The predicted molar refractivity (Wildman–Crippen MR) is 271 cm³/mol. The minimum Gasteiger partial charge on any atom is -0.456 e. The van der Waals surface area contributed by atoms with Crippen molar-refractivity contribution in [2.24, 2.45) is 0 Å². The highest BCUT2D eigenvalue weighted by Crippen LogP contribution is 2.45. The van der Waals surface area contributed by atoms with Crippen LogP contribution in [0, 0.1) is 0 Å². The summed E-state index contributed by atoms with van der Waals surface area (Å²) in [5, 5.41) is 11.3. The summed E-state index contributed by atoms with van der Waals surface area (Å²) in [6.07, 6.45) is 35.8. The van der Waals surface area contributed by atoms with E-state index in [1.165, 1.54) is 219 Å². The lowest BCUT2D eigenvalue weighted by molar-refractivity contribution is 0.493. The smallest absolute Gasteiger partial charge is 0.135 e. The van der Waals surface area contributed by atoms with E-state index in [1.807, 2.05) is 0 Å². The van der Waals surface area contributed by atoms with Gasteiger partial charge >= 0.3 is 0 Å². The van der Waals surface area contributed by atoms with Crippen LogP contribution in [0.2, 0.25) is 0 Å². The Morgan fingerprint density at radius 1 is 0.262 bits per heavy atom. The van der Waals surface area contributed by atoms with Gasteiger partial charge in [0.15, 0.2) is 0 Å². The van der Waals surface area contributed by atoms with Gasteiger partial charge in [0.25, 0.3) is 0 Å². The van der Waals surface area contributed by atoms with Crippen LogP contribution in [0.3, 0.4) is 0 Å². The molecule has 0 aliphatic heterocycles. The van der Waals surface area contributed by atoms with Crippen LogP contribution >= 0.6 is 0 Å². The largest absolute Gasteiger partial charge is 0.456 e. The van der Waals surface area contributed by atoms with Crippen LogP contribution in [0.15, 0.2) is 84.9 Å². The van der Waals surface area contributed by atoms with Gasteiger partial charge in [0.1, 0.15) is 11.5 Å². The van der Waals surface area contributed by atoms with E-state index < -0.39 is 0 Å². The van der Waals surface area contributed by atoms with Crippen molar-refractivity contribution in [3.63, 3.8) is 0 Å². The Balaban J connectivity index is 1.47. The summed E-state index contributed by atoms with van der Waals surface area (Å²) in [5.41, 5.74) is 6.02. The number of hydrogen-bond donors (Lipinski definition) is 0. The van der Waals surface area contributed by atoms with Crippen LogP contribution in [0.25, 0.3) is 43.1 Å². The molecule has 0 saturated carbocycles. The maximum absolute atomic E-state index is 7.55. The topological polar surface area (TPSA) is 9.23 Å². The molecule has 0 unspecified atom stereocenters. The highest BCUT2D eigenvalue weighted by atomic mass is 16.5. The number of benzene rings is 6. The van der Waals surface area contributed by atoms with Crippen molar-refractivity contribution in [3.05, 3.63) is 107 Å². The Kier molecular flexibility index (Phi) is 19.8. The molecule has 0 aliphatic rings. The summed E-state index contributed by atoms with van der Waals surface area (Å²) < 4.78 is 7.55. The van der Waals surface area contributed by atoms with E-state index in [4.69, 9.17) is 4.74 Å². The van der Waals surface area contributed by atoms with Crippen LogP contribution in [0.5, 0.6) is 11.5 Å². The third-order valence-corrected chi connectivity index (χ3v) is 13.8. The van der Waals surface area contributed by atoms with Crippen molar-refractivity contribution < 1.29 is 4.74 Å². The van der Waals surface area contributed by atoms with Gasteiger partial charge in [-0.25, -0.2) is 0 Å². The molecule has 0 aliphatic carbocycles. The van der Waals surface area contributed by atoms with E-state index in [9.17, 15) is 0 Å². The van der Waals surface area contributed by atoms with Crippen LogP contribution in [0.1, 0.15) is 204 Å². The van der Waals surface area contributed by atoms with Gasteiger partial charge in [-0.05, 0) is 118 Å². The molecule has 1 heteroatoms. The second kappa shape index (κ2) is 25.9. The lowest BCUT2D eigenvalue weighted by atomic mass is 9.86. The fourth-order valence-corrected chi connectivity index (χ4v) is 10.4. The molecule has 328 valence electrons. The average molecular weight is 819 g/mol. The number of ether oxygens (including phenoxy) is 1. The maximum atomic E-state index is 7.55. The van der Waals surface area contributed by atoms with Gasteiger partial charge in [-0.15, -0.1) is 0 Å². The molecule has 6 rings (SSSR count). The fraction of sp³-hybridized carbons (Fsp3) is 0.533. The zero-order chi connectivity index (χ0) is 42.5. The zero-order valence-corrected chi connectivity index (χ0v) is 39.3. The minimum absolute atomic E-state index is 1.04. The predicted octanol–water partition coefficient (Wildman–Crippen LogP) is 19.7. The van der Waals surface area contributed by atoms with E-state index in [-0.39, 0.29) is 0 Å². The second-order valence-corrected chi connectivity index (χ2v) is 18.5. The van der Waals surface area contributed by atoms with Gasteiger partial charge in [0.05, 0.1) is 0 Å². The highest BCUT2D eigenvalue weighted by molar-refractivity contribution is 6.10. The van der Waals surface area contributed by atoms with Crippen LogP contribution in [-0.4, -0.2) is 0 Å². The van der Waals surface area contributed by atoms with Crippen molar-refractivity contribution in [3.8, 4) is 11.5 Å². The number of fused-ring (bicyclic) bond motifs is 4. The molecule has 61 heavy (non-hydrogen) atoms. The Labute approximate surface area is 372 Å². The van der Waals surface area contributed by atoms with Crippen molar-refractivity contribution in [2.75, 3.05) is 0 Å². The monoisotopic (exact) mass is 819 g/mol. The molecular formula is C60H82O. The van der Waals surface area contributed by atoms with E-state index in [0.29, 0.717) is 0 Å². The number of rotatable bonds is 30. The molecule has 0 fully saturated rings. The van der Waals surface area contributed by atoms with Crippen LogP contribution < -0.4 is 4.74 Å². The number of unbranched alkanes of at least 4 members (excludes halogenated alkanes) is 20. The molecule has 0 N–H and O–H groups in total. The standard InChI is InChI=1S/C60H82O/c1-5-9-13-17-21-25-35-49-47-37-29-31-39-51(47)53(41-27-23-19-15-11-7-3)59-55(49)43-33-45-57(59)61-58-46-34-44-56-50(36-26-22-18-14-10-6-2)48-38-30-32-40-52(48)54(60(56)58)42-28-24-20-16-12-8-4/h29-34,37-40,43-46H,5-28,35-36,41-42H2,1-4H3. The van der Waals surface area contributed by atoms with E-state index in [0.717, 1.165) is 37.2 Å². The Morgan fingerprint density at radius 2 is 0.525 bits per heavy atom. The lowest BCUT2D eigenvalue weighted by Crippen LogP contribution is -2.01. The van der Waals surface area contributed by atoms with Crippen LogP contribution in [-0.2, 0) is 25.7 Å². The summed E-state index contributed by atoms with van der Waals surface area (Å²) >= 11 is 0. The highest BCUT2D eigenvalue weighted by Gasteiger charge is 2.21. The molecule has 0 heterocycles. The van der Waals surface area contributed by atoms with Gasteiger partial charge in [-0.3, -0.25) is 0 Å². The van der Waals surface area contributed by atoms with Gasteiger partial charge in [0, 0.05) is 10.8 Å². The first kappa shape index (κ1) is 46.7. The Bertz CT molecular complexity index is 2050. The molecule has 1 nitrogen and oxygen atoms in total. The first-order valence-corrected chi connectivity index (χ1v) is 25.8. The van der Waals surface area contributed by atoms with Crippen molar-refractivity contribution in [1.82, 2.24) is 0 Å². The van der Waals surface area contributed by atoms with E-state index in [1.54, 1.807) is 0 Å². The van der Waals surface area contributed by atoms with Crippen molar-refractivity contribution in [2.45, 2.75) is 207 Å². The number of hydrogen-bond acceptors (Lipinski definition) is 1. The molecule has 0 radical (unpaired) electrons. The molecule has 0 spiro atoms.